The van der Waals surface area contributed by atoms with Gasteiger partial charge in [0, 0.05) is 60.7 Å². The molecule has 6 aliphatic heterocycles. The Morgan fingerprint density at radius 1 is 0.950 bits per heavy atom. The first-order valence-electron chi connectivity index (χ1n) is 7.48. The molecule has 6 heterocycles. The van der Waals surface area contributed by atoms with Gasteiger partial charge in [0.1, 0.15) is 12.3 Å². The van der Waals surface area contributed by atoms with Gasteiger partial charge in [-0.05, 0) is 12.1 Å². The predicted octanol–water partition coefficient (Wildman–Crippen LogP) is 1.43. The van der Waals surface area contributed by atoms with Crippen molar-refractivity contribution >= 4 is 11.4 Å². The summed E-state index contributed by atoms with van der Waals surface area (Å²) >= 11 is 0. The average Bonchev–Trinajstić information content (AvgIpc) is 2.99. The molecular formula is C16H14N4. The molecule has 4 heteroatoms. The Morgan fingerprint density at radius 3 is 2.70 bits per heavy atom. The molecule has 1 aromatic carbocycles. The smallest absolute Gasteiger partial charge is 0.117 e. The third kappa shape index (κ3) is 0.597. The van der Waals surface area contributed by atoms with E-state index >= 15 is 0 Å². The molecule has 2 saturated heterocycles. The Labute approximate surface area is 117 Å². The normalized spacial score (nSPS) is 42.5. The van der Waals surface area contributed by atoms with Crippen molar-refractivity contribution in [3.63, 3.8) is 0 Å². The minimum atomic E-state index is 0.374. The maximum atomic E-state index is 2.52. The van der Waals surface area contributed by atoms with Crippen LogP contribution < -0.4 is 9.80 Å². The first-order chi connectivity index (χ1) is 9.89. The Balaban J connectivity index is 1.62. The monoisotopic (exact) mass is 262 g/mol. The number of benzene rings is 1. The van der Waals surface area contributed by atoms with Crippen molar-refractivity contribution < 1.29 is 0 Å². The van der Waals surface area contributed by atoms with Gasteiger partial charge in [-0.1, -0.05) is 6.07 Å². The molecule has 0 N–H and O–H groups in total. The van der Waals surface area contributed by atoms with Gasteiger partial charge < -0.3 is 19.6 Å². The van der Waals surface area contributed by atoms with Gasteiger partial charge in [-0.25, -0.2) is 0 Å². The van der Waals surface area contributed by atoms with Gasteiger partial charge in [0.15, 0.2) is 0 Å². The Kier molecular flexibility index (Phi) is 1.04. The van der Waals surface area contributed by atoms with Crippen LogP contribution >= 0.6 is 0 Å². The van der Waals surface area contributed by atoms with Crippen LogP contribution in [0.25, 0.3) is 0 Å². The maximum Gasteiger partial charge on any atom is 0.117 e. The zero-order valence-corrected chi connectivity index (χ0v) is 11.0. The summed E-state index contributed by atoms with van der Waals surface area (Å²) in [6.45, 7) is 2.43. The van der Waals surface area contributed by atoms with Crippen molar-refractivity contribution in [2.45, 2.75) is 17.7 Å². The highest BCUT2D eigenvalue weighted by Gasteiger charge is 2.73. The lowest BCUT2D eigenvalue weighted by molar-refractivity contribution is -0.0811. The second-order valence-corrected chi connectivity index (χ2v) is 6.89. The largest absolute Gasteiger partial charge is 0.355 e. The van der Waals surface area contributed by atoms with Gasteiger partial charge in [-0.2, -0.15) is 0 Å². The zero-order chi connectivity index (χ0) is 12.6. The van der Waals surface area contributed by atoms with E-state index in [9.17, 15) is 0 Å². The number of hydrogen-bond acceptors (Lipinski definition) is 4. The maximum absolute atomic E-state index is 2.52. The molecule has 0 amide bonds. The molecule has 4 unspecified atom stereocenters. The van der Waals surface area contributed by atoms with E-state index in [2.05, 4.69) is 62.6 Å². The Morgan fingerprint density at radius 2 is 1.75 bits per heavy atom. The highest BCUT2D eigenvalue weighted by molar-refractivity contribution is 5.82. The first-order valence-corrected chi connectivity index (χ1v) is 7.48. The average molecular weight is 262 g/mol. The van der Waals surface area contributed by atoms with Crippen molar-refractivity contribution in [1.82, 2.24) is 9.80 Å². The molecule has 20 heavy (non-hydrogen) atoms. The number of rotatable bonds is 0. The molecule has 0 aromatic heterocycles. The molecule has 2 fully saturated rings. The zero-order valence-electron chi connectivity index (χ0n) is 11.0. The standard InChI is InChI=1S/C16H14N4/c1-2-11-13-12(3-1)20-7-5-18-9-16(13,15(18)20)10-8-17-4-6-19(11)14(10)17/h1-7,10,14-15H,8-9H2. The first kappa shape index (κ1) is 8.95. The topological polar surface area (TPSA) is 13.0 Å². The van der Waals surface area contributed by atoms with E-state index in [-0.39, 0.29) is 0 Å². The molecule has 1 spiro atoms. The summed E-state index contributed by atoms with van der Waals surface area (Å²) in [7, 11) is 0. The van der Waals surface area contributed by atoms with Crippen molar-refractivity contribution in [2.24, 2.45) is 5.92 Å². The van der Waals surface area contributed by atoms with E-state index in [0.29, 0.717) is 17.7 Å². The second-order valence-electron chi connectivity index (χ2n) is 6.89. The van der Waals surface area contributed by atoms with E-state index in [1.807, 2.05) is 0 Å². The van der Waals surface area contributed by atoms with Gasteiger partial charge in [0.25, 0.3) is 0 Å². The fourth-order valence-corrected chi connectivity index (χ4v) is 5.71. The third-order valence-corrected chi connectivity index (χ3v) is 6.42. The van der Waals surface area contributed by atoms with Crippen LogP contribution in [-0.4, -0.2) is 35.2 Å². The quantitative estimate of drug-likeness (QED) is 0.701. The van der Waals surface area contributed by atoms with Crippen LogP contribution in [0.1, 0.15) is 5.56 Å². The molecule has 6 aliphatic rings. The molecule has 0 saturated carbocycles. The lowest BCUT2D eigenvalue weighted by atomic mass is 9.58. The molecule has 0 bridgehead atoms. The summed E-state index contributed by atoms with van der Waals surface area (Å²) in [5.74, 6) is 0.775. The molecule has 4 nitrogen and oxygen atoms in total. The minimum Gasteiger partial charge on any atom is -0.355 e. The summed E-state index contributed by atoms with van der Waals surface area (Å²) in [5, 5.41) is 0. The molecule has 0 aliphatic carbocycles. The van der Waals surface area contributed by atoms with Crippen molar-refractivity contribution in [1.29, 1.82) is 0 Å². The number of hydrogen-bond donors (Lipinski definition) is 0. The second kappa shape index (κ2) is 2.32. The Hall–Kier alpha value is -2.10. The molecule has 7 rings (SSSR count). The van der Waals surface area contributed by atoms with E-state index in [0.717, 1.165) is 5.92 Å². The van der Waals surface area contributed by atoms with E-state index in [1.54, 1.807) is 5.56 Å². The molecule has 1 aromatic rings. The van der Waals surface area contributed by atoms with Crippen molar-refractivity contribution in [2.75, 3.05) is 22.9 Å². The van der Waals surface area contributed by atoms with E-state index in [4.69, 9.17) is 0 Å². The third-order valence-electron chi connectivity index (χ3n) is 6.42. The van der Waals surface area contributed by atoms with Crippen LogP contribution in [0.5, 0.6) is 0 Å². The SMILES string of the molecule is C1=CN2c3cccc4c3C3(CN5C=CN4C53)C3CN1C32. The number of fused-ring (bicyclic) bond motifs is 2. The number of nitrogens with zero attached hydrogens (tertiary/aromatic N) is 4. The summed E-state index contributed by atoms with van der Waals surface area (Å²) in [6, 6.07) is 6.85. The summed E-state index contributed by atoms with van der Waals surface area (Å²) in [4.78, 5) is 10.0. The van der Waals surface area contributed by atoms with Gasteiger partial charge in [-0.3, -0.25) is 0 Å². The van der Waals surface area contributed by atoms with E-state index in [1.165, 1.54) is 24.5 Å². The van der Waals surface area contributed by atoms with Crippen LogP contribution in [0.3, 0.4) is 0 Å². The summed E-state index contributed by atoms with van der Waals surface area (Å²) in [5.41, 5.74) is 4.89. The van der Waals surface area contributed by atoms with Crippen molar-refractivity contribution in [3.05, 3.63) is 48.6 Å². The van der Waals surface area contributed by atoms with Crippen LogP contribution in [0.4, 0.5) is 11.4 Å². The molecule has 0 radical (unpaired) electrons. The molecule has 4 atom stereocenters. The highest BCUT2D eigenvalue weighted by atomic mass is 15.5. The van der Waals surface area contributed by atoms with Gasteiger partial charge in [-0.15, -0.1) is 0 Å². The van der Waals surface area contributed by atoms with Gasteiger partial charge in [0.05, 0.1) is 5.41 Å². The van der Waals surface area contributed by atoms with Crippen LogP contribution in [0.15, 0.2) is 43.0 Å². The minimum absolute atomic E-state index is 0.374. The van der Waals surface area contributed by atoms with E-state index < -0.39 is 0 Å². The summed E-state index contributed by atoms with van der Waals surface area (Å²) in [6.07, 6.45) is 10.3. The van der Waals surface area contributed by atoms with Crippen LogP contribution in [0, 0.1) is 5.92 Å². The molecular weight excluding hydrogens is 248 g/mol. The number of anilines is 2. The fourth-order valence-electron chi connectivity index (χ4n) is 5.71. The van der Waals surface area contributed by atoms with Gasteiger partial charge in [0.2, 0.25) is 0 Å². The van der Waals surface area contributed by atoms with Crippen LogP contribution in [-0.2, 0) is 5.41 Å². The fraction of sp³-hybridized carbons (Fsp3) is 0.375. The van der Waals surface area contributed by atoms with Crippen LogP contribution in [0.2, 0.25) is 0 Å². The lowest BCUT2D eigenvalue weighted by Gasteiger charge is -2.66. The van der Waals surface area contributed by atoms with Gasteiger partial charge >= 0.3 is 0 Å². The Bertz CT molecular complexity index is 753. The van der Waals surface area contributed by atoms with Crippen molar-refractivity contribution in [3.8, 4) is 0 Å². The summed E-state index contributed by atoms with van der Waals surface area (Å²) < 4.78 is 0. The predicted molar refractivity (Wildman–Crippen MR) is 75.8 cm³/mol. The molecule has 98 valence electrons. The highest BCUT2D eigenvalue weighted by Crippen LogP contribution is 2.67. The lowest BCUT2D eigenvalue weighted by Crippen LogP contribution is -2.78.